The topological polar surface area (TPSA) is 69.6 Å². The van der Waals surface area contributed by atoms with Gasteiger partial charge in [0.2, 0.25) is 17.8 Å². The molecule has 1 saturated heterocycles. The third-order valence-corrected chi connectivity index (χ3v) is 5.74. The molecule has 0 spiro atoms. The van der Waals surface area contributed by atoms with E-state index in [1.807, 2.05) is 11.1 Å². The van der Waals surface area contributed by atoms with Gasteiger partial charge < -0.3 is 14.7 Å². The first-order chi connectivity index (χ1) is 13.0. The summed E-state index contributed by atoms with van der Waals surface area (Å²) in [5.74, 6) is 0.807. The highest BCUT2D eigenvalue weighted by Crippen LogP contribution is 2.26. The molecule has 1 aromatic heterocycles. The molecule has 0 radical (unpaired) electrons. The Hall–Kier alpha value is -2.18. The van der Waals surface area contributed by atoms with E-state index in [0.29, 0.717) is 6.42 Å². The molecule has 148 valence electrons. The molecule has 1 aliphatic carbocycles. The Bertz CT molecular complexity index is 683. The summed E-state index contributed by atoms with van der Waals surface area (Å²) in [5, 5.41) is 0. The van der Waals surface area contributed by atoms with E-state index in [1.165, 1.54) is 0 Å². The summed E-state index contributed by atoms with van der Waals surface area (Å²) in [4.78, 5) is 40.0. The molecule has 0 bridgehead atoms. The Kier molecular flexibility index (Phi) is 6.29. The second-order valence-electron chi connectivity index (χ2n) is 7.54. The Balaban J connectivity index is 1.61. The normalized spacial score (nSPS) is 18.9. The molecular formula is C20H31N5O2. The molecular weight excluding hydrogens is 342 g/mol. The third-order valence-electron chi connectivity index (χ3n) is 5.74. The maximum Gasteiger partial charge on any atom is 0.242 e. The largest absolute Gasteiger partial charge is 0.341 e. The van der Waals surface area contributed by atoms with Gasteiger partial charge in [-0.1, -0.05) is 0 Å². The summed E-state index contributed by atoms with van der Waals surface area (Å²) in [6, 6.07) is 0. The van der Waals surface area contributed by atoms with Gasteiger partial charge in [-0.05, 0) is 51.5 Å². The lowest BCUT2D eigenvalue weighted by atomic mass is 9.86. The third kappa shape index (κ3) is 4.39. The monoisotopic (exact) mass is 373 g/mol. The molecule has 27 heavy (non-hydrogen) atoms. The molecule has 7 nitrogen and oxygen atoms in total. The van der Waals surface area contributed by atoms with Gasteiger partial charge in [-0.15, -0.1) is 0 Å². The SMILES string of the molecule is CCN(CC)c1ncc2c(n1)CCC(C(=O)N(C)CC(=O)N1CCCC1)C2. The number of aromatic nitrogens is 2. The Morgan fingerprint density at radius 3 is 2.59 bits per heavy atom. The number of anilines is 1. The van der Waals surface area contributed by atoms with Gasteiger partial charge in [-0.2, -0.15) is 0 Å². The fraction of sp³-hybridized carbons (Fsp3) is 0.700. The molecule has 3 rings (SSSR count). The van der Waals surface area contributed by atoms with Crippen molar-refractivity contribution in [2.75, 3.05) is 44.7 Å². The van der Waals surface area contributed by atoms with Gasteiger partial charge in [-0.3, -0.25) is 9.59 Å². The number of carbonyl (C=O) groups is 2. The summed E-state index contributed by atoms with van der Waals surface area (Å²) < 4.78 is 0. The molecule has 0 aromatic carbocycles. The van der Waals surface area contributed by atoms with Crippen LogP contribution in [0.5, 0.6) is 0 Å². The van der Waals surface area contributed by atoms with E-state index >= 15 is 0 Å². The van der Waals surface area contributed by atoms with Crippen LogP contribution in [0.25, 0.3) is 0 Å². The number of nitrogens with zero attached hydrogens (tertiary/aromatic N) is 5. The molecule has 2 heterocycles. The summed E-state index contributed by atoms with van der Waals surface area (Å²) in [7, 11) is 1.74. The van der Waals surface area contributed by atoms with Crippen LogP contribution < -0.4 is 4.90 Å². The van der Waals surface area contributed by atoms with Crippen LogP contribution in [-0.2, 0) is 22.4 Å². The van der Waals surface area contributed by atoms with Crippen LogP contribution in [-0.4, -0.2) is 71.4 Å². The van der Waals surface area contributed by atoms with Crippen LogP contribution in [0.3, 0.4) is 0 Å². The highest BCUT2D eigenvalue weighted by Gasteiger charge is 2.30. The number of fused-ring (bicyclic) bond motifs is 1. The van der Waals surface area contributed by atoms with E-state index in [0.717, 1.165) is 69.1 Å². The average molecular weight is 374 g/mol. The fourth-order valence-electron chi connectivity index (χ4n) is 4.03. The predicted molar refractivity (Wildman–Crippen MR) is 105 cm³/mol. The molecule has 1 unspecified atom stereocenters. The van der Waals surface area contributed by atoms with Crippen molar-refractivity contribution in [2.45, 2.75) is 46.0 Å². The molecule has 0 N–H and O–H groups in total. The number of amides is 2. The molecule has 0 saturated carbocycles. The highest BCUT2D eigenvalue weighted by atomic mass is 16.2. The molecule has 2 aliphatic rings. The quantitative estimate of drug-likeness (QED) is 0.756. The van der Waals surface area contributed by atoms with E-state index in [1.54, 1.807) is 11.9 Å². The van der Waals surface area contributed by atoms with Gasteiger partial charge in [0.15, 0.2) is 0 Å². The van der Waals surface area contributed by atoms with Crippen LogP contribution in [0.15, 0.2) is 6.20 Å². The number of carbonyl (C=O) groups excluding carboxylic acids is 2. The van der Waals surface area contributed by atoms with Crippen molar-refractivity contribution < 1.29 is 9.59 Å². The zero-order valence-corrected chi connectivity index (χ0v) is 16.8. The lowest BCUT2D eigenvalue weighted by Crippen LogP contribution is -2.43. The minimum atomic E-state index is -0.0863. The van der Waals surface area contributed by atoms with Crippen molar-refractivity contribution in [1.82, 2.24) is 19.8 Å². The van der Waals surface area contributed by atoms with Crippen molar-refractivity contribution in [3.05, 3.63) is 17.5 Å². The smallest absolute Gasteiger partial charge is 0.242 e. The van der Waals surface area contributed by atoms with E-state index in [9.17, 15) is 9.59 Å². The first-order valence-corrected chi connectivity index (χ1v) is 10.2. The van der Waals surface area contributed by atoms with Crippen molar-refractivity contribution in [1.29, 1.82) is 0 Å². The van der Waals surface area contributed by atoms with Crippen LogP contribution >= 0.6 is 0 Å². The first kappa shape index (κ1) is 19.6. The highest BCUT2D eigenvalue weighted by molar-refractivity contribution is 5.86. The molecule has 7 heteroatoms. The maximum atomic E-state index is 12.8. The van der Waals surface area contributed by atoms with Crippen LogP contribution in [0.4, 0.5) is 5.95 Å². The standard InChI is InChI=1S/C20H31N5O2/c1-4-24(5-2)20-21-13-16-12-15(8-9-17(16)22-20)19(27)23(3)14-18(26)25-10-6-7-11-25/h13,15H,4-12,14H2,1-3H3. The molecule has 1 fully saturated rings. The average Bonchev–Trinajstić information content (AvgIpc) is 3.23. The number of likely N-dealkylation sites (N-methyl/N-ethyl adjacent to an activating group) is 1. The fourth-order valence-corrected chi connectivity index (χ4v) is 4.03. The lowest BCUT2D eigenvalue weighted by molar-refractivity contribution is -0.141. The van der Waals surface area contributed by atoms with E-state index in [2.05, 4.69) is 23.7 Å². The summed E-state index contributed by atoms with van der Waals surface area (Å²) >= 11 is 0. The van der Waals surface area contributed by atoms with Gasteiger partial charge >= 0.3 is 0 Å². The van der Waals surface area contributed by atoms with Crippen molar-refractivity contribution in [3.8, 4) is 0 Å². The second-order valence-corrected chi connectivity index (χ2v) is 7.54. The Morgan fingerprint density at radius 2 is 1.93 bits per heavy atom. The van der Waals surface area contributed by atoms with Crippen molar-refractivity contribution >= 4 is 17.8 Å². The number of hydrogen-bond acceptors (Lipinski definition) is 5. The maximum absolute atomic E-state index is 12.8. The Morgan fingerprint density at radius 1 is 1.22 bits per heavy atom. The van der Waals surface area contributed by atoms with Gasteiger partial charge in [0.05, 0.1) is 6.54 Å². The number of aryl methyl sites for hydroxylation is 1. The number of hydrogen-bond donors (Lipinski definition) is 0. The minimum Gasteiger partial charge on any atom is -0.341 e. The van der Waals surface area contributed by atoms with Crippen LogP contribution in [0, 0.1) is 5.92 Å². The van der Waals surface area contributed by atoms with Crippen molar-refractivity contribution in [2.24, 2.45) is 5.92 Å². The van der Waals surface area contributed by atoms with E-state index < -0.39 is 0 Å². The summed E-state index contributed by atoms with van der Waals surface area (Å²) in [6.07, 6.45) is 6.25. The molecule has 1 aliphatic heterocycles. The van der Waals surface area contributed by atoms with Crippen LogP contribution in [0.2, 0.25) is 0 Å². The van der Waals surface area contributed by atoms with E-state index in [-0.39, 0.29) is 24.3 Å². The first-order valence-electron chi connectivity index (χ1n) is 10.2. The Labute approximate surface area is 161 Å². The summed E-state index contributed by atoms with van der Waals surface area (Å²) in [5.41, 5.74) is 2.13. The van der Waals surface area contributed by atoms with Gasteiger partial charge in [0, 0.05) is 51.0 Å². The van der Waals surface area contributed by atoms with Crippen LogP contribution in [0.1, 0.15) is 44.4 Å². The van der Waals surface area contributed by atoms with Gasteiger partial charge in [-0.25, -0.2) is 9.97 Å². The summed E-state index contributed by atoms with van der Waals surface area (Å²) in [6.45, 7) is 7.78. The lowest BCUT2D eigenvalue weighted by Gasteiger charge is -2.29. The van der Waals surface area contributed by atoms with Crippen molar-refractivity contribution in [3.63, 3.8) is 0 Å². The molecule has 1 aromatic rings. The van der Waals surface area contributed by atoms with E-state index in [4.69, 9.17) is 4.98 Å². The zero-order chi connectivity index (χ0) is 19.4. The zero-order valence-electron chi connectivity index (χ0n) is 16.8. The number of rotatable bonds is 6. The second kappa shape index (κ2) is 8.67. The van der Waals surface area contributed by atoms with Gasteiger partial charge in [0.1, 0.15) is 0 Å². The molecule has 2 amide bonds. The predicted octanol–water partition coefficient (Wildman–Crippen LogP) is 1.51. The minimum absolute atomic E-state index is 0.0565. The van der Waals surface area contributed by atoms with Gasteiger partial charge in [0.25, 0.3) is 0 Å². The molecule has 1 atom stereocenters. The number of likely N-dealkylation sites (tertiary alicyclic amines) is 1.